The molecule has 3 N–H and O–H groups in total. The molecular formula is C14H21BrN2O2. The third-order valence-corrected chi connectivity index (χ3v) is 3.25. The number of carbonyl (C=O) groups is 1. The van der Waals surface area contributed by atoms with E-state index in [4.69, 9.17) is 10.5 Å². The molecule has 0 spiro atoms. The Labute approximate surface area is 122 Å². The van der Waals surface area contributed by atoms with Crippen molar-refractivity contribution in [3.05, 3.63) is 28.2 Å². The molecule has 1 aromatic rings. The SMILES string of the molecule is Cc1ccc(OCCC(=O)NCCCCN)c(Br)c1. The maximum atomic E-state index is 11.5. The quantitative estimate of drug-likeness (QED) is 0.720. The maximum absolute atomic E-state index is 11.5. The fraction of sp³-hybridized carbons (Fsp3) is 0.500. The van der Waals surface area contributed by atoms with Crippen molar-refractivity contribution in [3.63, 3.8) is 0 Å². The molecule has 0 saturated carbocycles. The number of ether oxygens (including phenoxy) is 1. The van der Waals surface area contributed by atoms with E-state index in [2.05, 4.69) is 21.2 Å². The standard InChI is InChI=1S/C14H21BrN2O2/c1-11-4-5-13(12(15)10-11)19-9-6-14(18)17-8-3-2-7-16/h4-5,10H,2-3,6-9,16H2,1H3,(H,17,18). The largest absolute Gasteiger partial charge is 0.492 e. The van der Waals surface area contributed by atoms with E-state index in [0.29, 0.717) is 26.1 Å². The predicted octanol–water partition coefficient (Wildman–Crippen LogP) is 2.38. The fourth-order valence-corrected chi connectivity index (χ4v) is 2.17. The Hall–Kier alpha value is -1.07. The van der Waals surface area contributed by atoms with Crippen LogP contribution in [0.25, 0.3) is 0 Å². The number of hydrogen-bond acceptors (Lipinski definition) is 3. The molecule has 0 aliphatic heterocycles. The zero-order valence-electron chi connectivity index (χ0n) is 11.2. The van der Waals surface area contributed by atoms with Gasteiger partial charge in [0.05, 0.1) is 17.5 Å². The van der Waals surface area contributed by atoms with Crippen molar-refractivity contribution in [2.45, 2.75) is 26.2 Å². The average molecular weight is 329 g/mol. The lowest BCUT2D eigenvalue weighted by molar-refractivity contribution is -0.121. The zero-order chi connectivity index (χ0) is 14.1. The summed E-state index contributed by atoms with van der Waals surface area (Å²) in [6, 6.07) is 5.87. The van der Waals surface area contributed by atoms with E-state index in [0.717, 1.165) is 28.6 Å². The van der Waals surface area contributed by atoms with Crippen LogP contribution in [0.1, 0.15) is 24.8 Å². The molecule has 106 valence electrons. The highest BCUT2D eigenvalue weighted by Crippen LogP contribution is 2.25. The first-order valence-corrected chi connectivity index (χ1v) is 7.28. The Kier molecular flexibility index (Phi) is 7.52. The Morgan fingerprint density at radius 1 is 1.42 bits per heavy atom. The minimum Gasteiger partial charge on any atom is -0.492 e. The van der Waals surface area contributed by atoms with Gasteiger partial charge in [0, 0.05) is 6.54 Å². The fourth-order valence-electron chi connectivity index (χ4n) is 1.56. The second-order valence-electron chi connectivity index (χ2n) is 4.38. The highest BCUT2D eigenvalue weighted by atomic mass is 79.9. The van der Waals surface area contributed by atoms with Gasteiger partial charge in [-0.15, -0.1) is 0 Å². The second kappa shape index (κ2) is 8.93. The third-order valence-electron chi connectivity index (χ3n) is 2.63. The van der Waals surface area contributed by atoms with Crippen LogP contribution in [0.15, 0.2) is 22.7 Å². The van der Waals surface area contributed by atoms with Gasteiger partial charge in [-0.25, -0.2) is 0 Å². The summed E-state index contributed by atoms with van der Waals surface area (Å²) in [5.41, 5.74) is 6.54. The number of amides is 1. The lowest BCUT2D eigenvalue weighted by Crippen LogP contribution is -2.26. The molecule has 1 rings (SSSR count). The summed E-state index contributed by atoms with van der Waals surface area (Å²) >= 11 is 3.44. The van der Waals surface area contributed by atoms with Crippen LogP contribution in [0, 0.1) is 6.92 Å². The van der Waals surface area contributed by atoms with Gasteiger partial charge in [-0.1, -0.05) is 6.07 Å². The summed E-state index contributed by atoms with van der Waals surface area (Å²) in [6.07, 6.45) is 2.22. The molecule has 0 saturated heterocycles. The van der Waals surface area contributed by atoms with Gasteiger partial charge in [0.25, 0.3) is 0 Å². The van der Waals surface area contributed by atoms with Crippen LogP contribution in [0.5, 0.6) is 5.75 Å². The number of halogens is 1. The Morgan fingerprint density at radius 3 is 2.89 bits per heavy atom. The molecule has 1 amide bonds. The van der Waals surface area contributed by atoms with E-state index < -0.39 is 0 Å². The number of nitrogens with two attached hydrogens (primary N) is 1. The first kappa shape index (κ1) is 16.0. The molecule has 0 radical (unpaired) electrons. The molecular weight excluding hydrogens is 308 g/mol. The van der Waals surface area contributed by atoms with Crippen LogP contribution < -0.4 is 15.8 Å². The topological polar surface area (TPSA) is 64.3 Å². The number of nitrogens with one attached hydrogen (secondary N) is 1. The van der Waals surface area contributed by atoms with E-state index in [1.807, 2.05) is 25.1 Å². The molecule has 0 aliphatic carbocycles. The van der Waals surface area contributed by atoms with E-state index in [1.54, 1.807) is 0 Å². The van der Waals surface area contributed by atoms with Crippen molar-refractivity contribution >= 4 is 21.8 Å². The van der Waals surface area contributed by atoms with Crippen LogP contribution >= 0.6 is 15.9 Å². The second-order valence-corrected chi connectivity index (χ2v) is 5.23. The summed E-state index contributed by atoms with van der Waals surface area (Å²) in [6.45, 7) is 3.75. The van der Waals surface area contributed by atoms with Gasteiger partial charge in [0.1, 0.15) is 5.75 Å². The molecule has 1 aromatic carbocycles. The maximum Gasteiger partial charge on any atom is 0.223 e. The lowest BCUT2D eigenvalue weighted by Gasteiger charge is -2.09. The van der Waals surface area contributed by atoms with Gasteiger partial charge in [0.2, 0.25) is 5.91 Å². The minimum atomic E-state index is 0.0141. The molecule has 0 heterocycles. The molecule has 0 aliphatic rings. The molecule has 0 atom stereocenters. The molecule has 0 unspecified atom stereocenters. The van der Waals surface area contributed by atoms with Gasteiger partial charge in [-0.2, -0.15) is 0 Å². The lowest BCUT2D eigenvalue weighted by atomic mass is 10.2. The van der Waals surface area contributed by atoms with E-state index in [1.165, 1.54) is 0 Å². The van der Waals surface area contributed by atoms with Crippen LogP contribution in [-0.2, 0) is 4.79 Å². The monoisotopic (exact) mass is 328 g/mol. The summed E-state index contributed by atoms with van der Waals surface area (Å²) in [5.74, 6) is 0.779. The van der Waals surface area contributed by atoms with Crippen molar-refractivity contribution in [3.8, 4) is 5.75 Å². The van der Waals surface area contributed by atoms with Gasteiger partial charge in [0.15, 0.2) is 0 Å². The first-order valence-electron chi connectivity index (χ1n) is 6.49. The smallest absolute Gasteiger partial charge is 0.223 e. The number of hydrogen-bond donors (Lipinski definition) is 2. The van der Waals surface area contributed by atoms with Crippen molar-refractivity contribution in [1.29, 1.82) is 0 Å². The summed E-state index contributed by atoms with van der Waals surface area (Å²) < 4.78 is 6.48. The Bertz CT molecular complexity index is 410. The first-order chi connectivity index (χ1) is 9.13. The average Bonchev–Trinajstić information content (AvgIpc) is 2.37. The summed E-state index contributed by atoms with van der Waals surface area (Å²) in [7, 11) is 0. The summed E-state index contributed by atoms with van der Waals surface area (Å²) in [5, 5.41) is 2.84. The van der Waals surface area contributed by atoms with Crippen LogP contribution in [0.2, 0.25) is 0 Å². The van der Waals surface area contributed by atoms with Crippen molar-refractivity contribution in [2.75, 3.05) is 19.7 Å². The van der Waals surface area contributed by atoms with Crippen molar-refractivity contribution < 1.29 is 9.53 Å². The number of aryl methyl sites for hydroxylation is 1. The molecule has 0 fully saturated rings. The van der Waals surface area contributed by atoms with Crippen molar-refractivity contribution in [2.24, 2.45) is 5.73 Å². The molecule has 0 aromatic heterocycles. The summed E-state index contributed by atoms with van der Waals surface area (Å²) in [4.78, 5) is 11.5. The molecule has 19 heavy (non-hydrogen) atoms. The van der Waals surface area contributed by atoms with E-state index in [9.17, 15) is 4.79 Å². The predicted molar refractivity (Wildman–Crippen MR) is 80.3 cm³/mol. The highest BCUT2D eigenvalue weighted by Gasteiger charge is 2.04. The number of carbonyl (C=O) groups excluding carboxylic acids is 1. The van der Waals surface area contributed by atoms with E-state index >= 15 is 0 Å². The van der Waals surface area contributed by atoms with Crippen LogP contribution in [-0.4, -0.2) is 25.6 Å². The van der Waals surface area contributed by atoms with Gasteiger partial charge < -0.3 is 15.8 Å². The van der Waals surface area contributed by atoms with Gasteiger partial charge in [-0.05, 0) is 59.9 Å². The normalized spacial score (nSPS) is 10.3. The van der Waals surface area contributed by atoms with Crippen molar-refractivity contribution in [1.82, 2.24) is 5.32 Å². The van der Waals surface area contributed by atoms with Crippen LogP contribution in [0.4, 0.5) is 0 Å². The third kappa shape index (κ3) is 6.59. The molecule has 5 heteroatoms. The molecule has 4 nitrogen and oxygen atoms in total. The Balaban J connectivity index is 2.20. The molecule has 0 bridgehead atoms. The van der Waals surface area contributed by atoms with E-state index in [-0.39, 0.29) is 5.91 Å². The van der Waals surface area contributed by atoms with Gasteiger partial charge in [-0.3, -0.25) is 4.79 Å². The highest BCUT2D eigenvalue weighted by molar-refractivity contribution is 9.10. The van der Waals surface area contributed by atoms with Crippen LogP contribution in [0.3, 0.4) is 0 Å². The zero-order valence-corrected chi connectivity index (χ0v) is 12.8. The number of unbranched alkanes of at least 4 members (excludes halogenated alkanes) is 1. The number of rotatable bonds is 8. The Morgan fingerprint density at radius 2 is 2.21 bits per heavy atom. The van der Waals surface area contributed by atoms with Gasteiger partial charge >= 0.3 is 0 Å². The minimum absolute atomic E-state index is 0.0141. The number of benzene rings is 1.